The molecule has 15 nitrogen and oxygen atoms in total. The van der Waals surface area contributed by atoms with Gasteiger partial charge in [-0.05, 0) is 91.6 Å². The molecule has 3 N–H and O–H groups in total. The molecule has 66 heavy (non-hydrogen) atoms. The third-order valence-corrected chi connectivity index (χ3v) is 12.9. The molecule has 0 amide bonds. The third-order valence-electron chi connectivity index (χ3n) is 12.9. The van der Waals surface area contributed by atoms with Gasteiger partial charge in [-0.15, -0.1) is 0 Å². The van der Waals surface area contributed by atoms with Gasteiger partial charge in [0, 0.05) is 70.7 Å². The maximum absolute atomic E-state index is 12.5. The molecule has 15 heteroatoms. The highest BCUT2D eigenvalue weighted by Gasteiger charge is 2.27. The zero-order chi connectivity index (χ0) is 46.6. The number of phenolic OH excluding ortho intramolecular Hbond substituents is 3. The van der Waals surface area contributed by atoms with E-state index in [1.807, 2.05) is 0 Å². The molecule has 0 radical (unpaired) electrons. The van der Waals surface area contributed by atoms with Gasteiger partial charge in [0.25, 0.3) is 0 Å². The van der Waals surface area contributed by atoms with Crippen LogP contribution < -0.4 is 0 Å². The number of carbonyl (C=O) groups is 3. The first kappa shape index (κ1) is 47.5. The Morgan fingerprint density at radius 1 is 0.394 bits per heavy atom. The van der Waals surface area contributed by atoms with E-state index in [0.29, 0.717) is 50.1 Å². The number of phenols is 3. The van der Waals surface area contributed by atoms with Gasteiger partial charge in [0.05, 0.1) is 76.8 Å². The second-order valence-electron chi connectivity index (χ2n) is 17.6. The van der Waals surface area contributed by atoms with E-state index in [2.05, 4.69) is 0 Å². The third kappa shape index (κ3) is 12.2. The van der Waals surface area contributed by atoms with Gasteiger partial charge >= 0.3 is 17.9 Å². The number of fused-ring (bicyclic) bond motifs is 9. The van der Waals surface area contributed by atoms with E-state index in [0.717, 1.165) is 77.0 Å². The van der Waals surface area contributed by atoms with Gasteiger partial charge < -0.3 is 29.5 Å². The van der Waals surface area contributed by atoms with Crippen molar-refractivity contribution in [1.82, 2.24) is 0 Å². The van der Waals surface area contributed by atoms with Crippen molar-refractivity contribution in [1.29, 1.82) is 0 Å². The first-order chi connectivity index (χ1) is 32.0. The molecule has 1 heterocycles. The number of esters is 3. The number of nitrogens with zero attached hydrogens (tertiary/aromatic N) is 6. The molecule has 6 unspecified atom stereocenters. The highest BCUT2D eigenvalue weighted by Crippen LogP contribution is 2.32. The fourth-order valence-electron chi connectivity index (χ4n) is 9.22. The Balaban J connectivity index is 1.35. The second-order valence-corrected chi connectivity index (χ2v) is 17.6. The predicted octanol–water partition coefficient (Wildman–Crippen LogP) is 6.81. The largest absolute Gasteiger partial charge is 0.507 e. The van der Waals surface area contributed by atoms with Crippen LogP contribution in [-0.2, 0) is 47.9 Å². The van der Waals surface area contributed by atoms with Gasteiger partial charge in [0.2, 0.25) is 0 Å². The molecule has 0 saturated heterocycles. The zero-order valence-electron chi connectivity index (χ0n) is 38.0. The summed E-state index contributed by atoms with van der Waals surface area (Å²) >= 11 is 0. The van der Waals surface area contributed by atoms with Crippen LogP contribution in [0.25, 0.3) is 0 Å². The van der Waals surface area contributed by atoms with Crippen LogP contribution in [0.2, 0.25) is 0 Å². The number of hydrogen-bond donors (Lipinski definition) is 3. The SMILES string of the molecule is COC(=O)Cc1cc2c(O)c(c1)C=NC1CCCCC1N=Cc1cc(CC(=O)OC)cc(c1O)C=NC1CCCCC1N=Cc1cc(CC(=O)OC)cc(c1O)C=NC1CCCCC1N=C2. The predicted molar refractivity (Wildman–Crippen MR) is 255 cm³/mol. The molecule has 7 rings (SSSR count). The van der Waals surface area contributed by atoms with Gasteiger partial charge in [0.15, 0.2) is 0 Å². The van der Waals surface area contributed by atoms with Crippen LogP contribution in [0.3, 0.4) is 0 Å². The summed E-state index contributed by atoms with van der Waals surface area (Å²) in [6, 6.07) is 8.93. The molecule has 6 atom stereocenters. The summed E-state index contributed by atoms with van der Waals surface area (Å²) in [4.78, 5) is 67.3. The van der Waals surface area contributed by atoms with E-state index >= 15 is 0 Å². The second kappa shape index (κ2) is 22.6. The van der Waals surface area contributed by atoms with Crippen molar-refractivity contribution in [3.05, 3.63) is 86.5 Å². The lowest BCUT2D eigenvalue weighted by atomic mass is 9.91. The molecular formula is C51H60N6O9. The minimum atomic E-state index is -0.434. The van der Waals surface area contributed by atoms with Gasteiger partial charge in [-0.3, -0.25) is 44.3 Å². The first-order valence-corrected chi connectivity index (χ1v) is 23.0. The maximum Gasteiger partial charge on any atom is 0.309 e. The van der Waals surface area contributed by atoms with Crippen LogP contribution in [0.1, 0.15) is 127 Å². The summed E-state index contributed by atoms with van der Waals surface area (Å²) in [6.07, 6.45) is 19.9. The molecule has 6 bridgehead atoms. The fraction of sp³-hybridized carbons (Fsp3) is 0.471. The smallest absolute Gasteiger partial charge is 0.309 e. The highest BCUT2D eigenvalue weighted by atomic mass is 16.5. The van der Waals surface area contributed by atoms with Crippen molar-refractivity contribution in [2.45, 2.75) is 133 Å². The lowest BCUT2D eigenvalue weighted by molar-refractivity contribution is -0.140. The summed E-state index contributed by atoms with van der Waals surface area (Å²) in [5.41, 5.74) is 4.35. The number of rotatable bonds is 6. The number of aromatic hydroxyl groups is 3. The Kier molecular flexibility index (Phi) is 16.2. The van der Waals surface area contributed by atoms with E-state index in [1.165, 1.54) is 21.3 Å². The molecule has 3 fully saturated rings. The van der Waals surface area contributed by atoms with Gasteiger partial charge in [-0.25, -0.2) is 0 Å². The van der Waals surface area contributed by atoms with Crippen molar-refractivity contribution in [2.75, 3.05) is 21.3 Å². The molecule has 1 aliphatic heterocycles. The summed E-state index contributed by atoms with van der Waals surface area (Å²) in [5, 5.41) is 35.1. The first-order valence-electron chi connectivity index (χ1n) is 23.0. The average molecular weight is 901 g/mol. The normalized spacial score (nSPS) is 23.1. The van der Waals surface area contributed by atoms with Crippen molar-refractivity contribution in [2.24, 2.45) is 30.0 Å². The number of benzene rings is 3. The molecule has 4 aliphatic rings. The van der Waals surface area contributed by atoms with Crippen molar-refractivity contribution >= 4 is 55.2 Å². The standard InChI is InChI=1S/C51H60N6O9/c1-64-46(58)22-31-16-34-25-52-40-10-4-6-12-42(40)54-27-36-18-32(23-47(59)65-2)20-38(50(36)62)29-56-44-14-8-9-15-45(44)57-30-39-21-33(24-48(60)66-3)19-37(51(39)63)28-55-43-13-7-5-11-41(43)53-26-35(17-31)49(34)61/h16-21,25-30,40-45,61-63H,4-15,22-24H2,1-3H3. The Hall–Kier alpha value is -6.51. The maximum atomic E-state index is 12.5. The Morgan fingerprint density at radius 2 is 0.576 bits per heavy atom. The number of methoxy groups -OCH3 is 3. The summed E-state index contributed by atoms with van der Waals surface area (Å²) in [7, 11) is 3.99. The van der Waals surface area contributed by atoms with Crippen LogP contribution in [-0.4, -0.2) is 128 Å². The van der Waals surface area contributed by atoms with Crippen molar-refractivity contribution in [3.8, 4) is 17.2 Å². The summed E-state index contributed by atoms with van der Waals surface area (Å²) in [6.45, 7) is 0. The molecular weight excluding hydrogens is 841 g/mol. The lowest BCUT2D eigenvalue weighted by Gasteiger charge is -2.26. The quantitative estimate of drug-likeness (QED) is 0.175. The van der Waals surface area contributed by atoms with Crippen LogP contribution >= 0.6 is 0 Å². The molecule has 0 aromatic heterocycles. The molecule has 0 spiro atoms. The molecule has 3 saturated carbocycles. The van der Waals surface area contributed by atoms with Gasteiger partial charge in [-0.1, -0.05) is 38.5 Å². The number of carbonyl (C=O) groups excluding carboxylic acids is 3. The van der Waals surface area contributed by atoms with Crippen LogP contribution in [0.5, 0.6) is 17.2 Å². The Morgan fingerprint density at radius 3 is 0.742 bits per heavy atom. The van der Waals surface area contributed by atoms with Crippen LogP contribution in [0, 0.1) is 0 Å². The van der Waals surface area contributed by atoms with Crippen molar-refractivity contribution in [3.63, 3.8) is 0 Å². The van der Waals surface area contributed by atoms with Gasteiger partial charge in [0.1, 0.15) is 17.2 Å². The Bertz CT molecular complexity index is 2050. The number of hydrogen-bond acceptors (Lipinski definition) is 15. The summed E-state index contributed by atoms with van der Waals surface area (Å²) in [5.74, 6) is -1.42. The van der Waals surface area contributed by atoms with Gasteiger partial charge in [-0.2, -0.15) is 0 Å². The molecule has 3 aliphatic carbocycles. The number of aliphatic imine (C=N–C) groups is 6. The number of ether oxygens (including phenoxy) is 3. The van der Waals surface area contributed by atoms with E-state index in [-0.39, 0.29) is 72.8 Å². The van der Waals surface area contributed by atoms with Crippen LogP contribution in [0.15, 0.2) is 66.4 Å². The van der Waals surface area contributed by atoms with E-state index in [4.69, 9.17) is 44.2 Å². The minimum absolute atomic E-state index is 0.0249. The van der Waals surface area contributed by atoms with E-state index in [1.54, 1.807) is 73.7 Å². The molecule has 348 valence electrons. The summed E-state index contributed by atoms with van der Waals surface area (Å²) < 4.78 is 14.9. The molecule has 3 aromatic rings. The highest BCUT2D eigenvalue weighted by molar-refractivity contribution is 5.95. The topological polar surface area (TPSA) is 214 Å². The van der Waals surface area contributed by atoms with E-state index in [9.17, 15) is 29.7 Å². The minimum Gasteiger partial charge on any atom is -0.507 e. The van der Waals surface area contributed by atoms with Crippen LogP contribution in [0.4, 0.5) is 0 Å². The zero-order valence-corrected chi connectivity index (χ0v) is 38.0. The Labute approximate surface area is 385 Å². The van der Waals surface area contributed by atoms with E-state index < -0.39 is 17.9 Å². The fourth-order valence-corrected chi connectivity index (χ4v) is 9.22. The van der Waals surface area contributed by atoms with Crippen molar-refractivity contribution < 1.29 is 43.9 Å². The molecule has 3 aromatic carbocycles. The monoisotopic (exact) mass is 900 g/mol. The lowest BCUT2D eigenvalue weighted by Crippen LogP contribution is -2.27. The average Bonchev–Trinajstić information content (AvgIpc) is 3.33.